The van der Waals surface area contributed by atoms with Gasteiger partial charge in [-0.15, -0.1) is 0 Å². The van der Waals surface area contributed by atoms with Gasteiger partial charge >= 0.3 is 0 Å². The van der Waals surface area contributed by atoms with Crippen molar-refractivity contribution < 1.29 is 13.9 Å². The van der Waals surface area contributed by atoms with E-state index in [1.54, 1.807) is 17.2 Å². The minimum absolute atomic E-state index is 0.107. The lowest BCUT2D eigenvalue weighted by Crippen LogP contribution is -2.27. The molecule has 2 aromatic heterocycles. The molecule has 1 amide bonds. The second kappa shape index (κ2) is 9.59. The lowest BCUT2D eigenvalue weighted by molar-refractivity contribution is -0.122. The van der Waals surface area contributed by atoms with Crippen molar-refractivity contribution in [2.75, 3.05) is 6.61 Å². The van der Waals surface area contributed by atoms with Crippen LogP contribution in [0.15, 0.2) is 86.9 Å². The molecule has 8 heteroatoms. The largest absolute Gasteiger partial charge is 0.492 e. The molecule has 1 saturated heterocycles. The molecule has 0 aliphatic carbocycles. The molecule has 1 aliphatic heterocycles. The van der Waals surface area contributed by atoms with E-state index in [0.717, 1.165) is 26.7 Å². The van der Waals surface area contributed by atoms with Crippen molar-refractivity contribution in [3.63, 3.8) is 0 Å². The highest BCUT2D eigenvalue weighted by Gasteiger charge is 2.32. The minimum Gasteiger partial charge on any atom is -0.492 e. The van der Waals surface area contributed by atoms with Crippen LogP contribution in [0, 0.1) is 0 Å². The fourth-order valence-corrected chi connectivity index (χ4v) is 5.32. The van der Waals surface area contributed by atoms with Crippen molar-refractivity contribution in [2.45, 2.75) is 13.1 Å². The average molecular weight is 539 g/mol. The number of carbonyl (C=O) groups excluding carboxylic acids is 1. The highest BCUT2D eigenvalue weighted by atomic mass is 79.9. The number of aromatic nitrogens is 1. The summed E-state index contributed by atoms with van der Waals surface area (Å²) >= 11 is 10.4. The Morgan fingerprint density at radius 3 is 2.76 bits per heavy atom. The number of hydrogen-bond donors (Lipinski definition) is 0. The number of furan rings is 1. The fraction of sp³-hybridized carbons (Fsp3) is 0.120. The quantitative estimate of drug-likeness (QED) is 0.199. The molecule has 0 saturated carbocycles. The number of thioether (sulfide) groups is 1. The Morgan fingerprint density at radius 1 is 1.12 bits per heavy atom. The Morgan fingerprint density at radius 2 is 1.97 bits per heavy atom. The molecule has 166 valence electrons. The van der Waals surface area contributed by atoms with Gasteiger partial charge in [-0.2, -0.15) is 0 Å². The first-order chi connectivity index (χ1) is 16.1. The van der Waals surface area contributed by atoms with Gasteiger partial charge in [-0.25, -0.2) is 0 Å². The number of para-hydroxylation sites is 1. The topological polar surface area (TPSA) is 47.6 Å². The van der Waals surface area contributed by atoms with Crippen LogP contribution in [0.1, 0.15) is 11.3 Å². The highest BCUT2D eigenvalue weighted by Crippen LogP contribution is 2.36. The number of fused-ring (bicyclic) bond motifs is 1. The van der Waals surface area contributed by atoms with E-state index in [-0.39, 0.29) is 5.91 Å². The Balaban J connectivity index is 1.40. The molecule has 0 atom stereocenters. The smallest absolute Gasteiger partial charge is 0.266 e. The van der Waals surface area contributed by atoms with Crippen molar-refractivity contribution in [3.8, 4) is 5.75 Å². The summed E-state index contributed by atoms with van der Waals surface area (Å²) in [7, 11) is 0. The van der Waals surface area contributed by atoms with Crippen LogP contribution < -0.4 is 4.74 Å². The molecule has 4 aromatic rings. The number of ether oxygens (including phenoxy) is 1. The van der Waals surface area contributed by atoms with Gasteiger partial charge in [-0.3, -0.25) is 9.69 Å². The predicted molar refractivity (Wildman–Crippen MR) is 139 cm³/mol. The SMILES string of the molecule is O=C1/C(=C/c2cn(CCOc3ccccc3)c3ccc(Br)cc23)SC(=S)N1Cc1ccco1. The summed E-state index contributed by atoms with van der Waals surface area (Å²) in [4.78, 5) is 15.2. The molecule has 5 rings (SSSR count). The van der Waals surface area contributed by atoms with Crippen LogP contribution in [-0.2, 0) is 17.9 Å². The molecule has 0 radical (unpaired) electrons. The molecule has 1 fully saturated rings. The third-order valence-electron chi connectivity index (χ3n) is 5.27. The molecule has 0 unspecified atom stereocenters. The van der Waals surface area contributed by atoms with Crippen molar-refractivity contribution in [3.05, 3.63) is 93.8 Å². The number of nitrogens with zero attached hydrogens (tertiary/aromatic N) is 2. The standard InChI is InChI=1S/C25H19BrN2O3S2/c26-18-8-9-22-21(14-18)17(15-27(22)10-12-31-19-5-2-1-3-6-19)13-23-24(29)28(25(32)33-23)16-20-7-4-11-30-20/h1-9,11,13-15H,10,12,16H2/b23-13-. The number of amides is 1. The molecular weight excluding hydrogens is 520 g/mol. The zero-order valence-electron chi connectivity index (χ0n) is 17.4. The fourth-order valence-electron chi connectivity index (χ4n) is 3.71. The van der Waals surface area contributed by atoms with Gasteiger partial charge in [0.15, 0.2) is 0 Å². The van der Waals surface area contributed by atoms with Crippen LogP contribution in [0.2, 0.25) is 0 Å². The molecule has 33 heavy (non-hydrogen) atoms. The van der Waals surface area contributed by atoms with Crippen molar-refractivity contribution in [1.82, 2.24) is 9.47 Å². The van der Waals surface area contributed by atoms with E-state index in [4.69, 9.17) is 21.4 Å². The van der Waals surface area contributed by atoms with Gasteiger partial charge in [0.25, 0.3) is 5.91 Å². The van der Waals surface area contributed by atoms with E-state index >= 15 is 0 Å². The molecule has 5 nitrogen and oxygen atoms in total. The Kier molecular flexibility index (Phi) is 6.39. The van der Waals surface area contributed by atoms with E-state index in [1.807, 2.05) is 48.5 Å². The first kappa shape index (κ1) is 22.0. The van der Waals surface area contributed by atoms with Gasteiger partial charge in [0.05, 0.1) is 24.3 Å². The molecule has 2 aromatic carbocycles. The zero-order chi connectivity index (χ0) is 22.8. The summed E-state index contributed by atoms with van der Waals surface area (Å²) in [6.07, 6.45) is 5.58. The normalized spacial score (nSPS) is 15.2. The first-order valence-electron chi connectivity index (χ1n) is 10.3. The number of rotatable bonds is 7. The van der Waals surface area contributed by atoms with Gasteiger partial charge < -0.3 is 13.7 Å². The van der Waals surface area contributed by atoms with Crippen LogP contribution in [-0.4, -0.2) is 26.3 Å². The number of hydrogen-bond acceptors (Lipinski definition) is 5. The molecule has 0 spiro atoms. The lowest BCUT2D eigenvalue weighted by atomic mass is 10.1. The Bertz CT molecular complexity index is 1350. The molecule has 0 N–H and O–H groups in total. The van der Waals surface area contributed by atoms with Crippen molar-refractivity contribution >= 4 is 67.1 Å². The Hall–Kier alpha value is -2.81. The summed E-state index contributed by atoms with van der Waals surface area (Å²) in [6, 6.07) is 19.6. The maximum Gasteiger partial charge on any atom is 0.266 e. The summed E-state index contributed by atoms with van der Waals surface area (Å²) < 4.78 is 14.9. The first-order valence-corrected chi connectivity index (χ1v) is 12.3. The number of thiocarbonyl (C=S) groups is 1. The third kappa shape index (κ3) is 4.78. The summed E-state index contributed by atoms with van der Waals surface area (Å²) in [5.41, 5.74) is 2.04. The van der Waals surface area contributed by atoms with Crippen LogP contribution >= 0.6 is 39.9 Å². The van der Waals surface area contributed by atoms with Crippen LogP contribution in [0.4, 0.5) is 0 Å². The number of halogens is 1. The molecule has 1 aliphatic rings. The minimum atomic E-state index is -0.107. The maximum atomic E-state index is 13.1. The second-order valence-electron chi connectivity index (χ2n) is 7.45. The van der Waals surface area contributed by atoms with Gasteiger partial charge in [-0.1, -0.05) is 58.1 Å². The van der Waals surface area contributed by atoms with Crippen molar-refractivity contribution in [1.29, 1.82) is 0 Å². The summed E-state index contributed by atoms with van der Waals surface area (Å²) in [5, 5.41) is 1.06. The van der Waals surface area contributed by atoms with E-state index in [9.17, 15) is 4.79 Å². The van der Waals surface area contributed by atoms with Crippen LogP contribution in [0.25, 0.3) is 17.0 Å². The average Bonchev–Trinajstić information content (AvgIpc) is 3.51. The Labute approximate surface area is 209 Å². The van der Waals surface area contributed by atoms with Gasteiger partial charge in [0.2, 0.25) is 0 Å². The number of carbonyl (C=O) groups is 1. The monoisotopic (exact) mass is 538 g/mol. The lowest BCUT2D eigenvalue weighted by Gasteiger charge is -2.11. The van der Waals surface area contributed by atoms with Crippen molar-refractivity contribution in [2.24, 2.45) is 0 Å². The van der Waals surface area contributed by atoms with E-state index in [1.165, 1.54) is 11.8 Å². The van der Waals surface area contributed by atoms with E-state index in [0.29, 0.717) is 34.7 Å². The second-order valence-corrected chi connectivity index (χ2v) is 10.0. The third-order valence-corrected chi connectivity index (χ3v) is 7.14. The summed E-state index contributed by atoms with van der Waals surface area (Å²) in [5.74, 6) is 1.44. The molecule has 0 bridgehead atoms. The van der Waals surface area contributed by atoms with Gasteiger partial charge in [0.1, 0.15) is 22.4 Å². The maximum absolute atomic E-state index is 13.1. The van der Waals surface area contributed by atoms with E-state index in [2.05, 4.69) is 38.8 Å². The van der Waals surface area contributed by atoms with Crippen LogP contribution in [0.3, 0.4) is 0 Å². The number of benzene rings is 2. The van der Waals surface area contributed by atoms with Gasteiger partial charge in [-0.05, 0) is 48.5 Å². The highest BCUT2D eigenvalue weighted by molar-refractivity contribution is 9.10. The zero-order valence-corrected chi connectivity index (χ0v) is 20.7. The molecular formula is C25H19BrN2O3S2. The predicted octanol–water partition coefficient (Wildman–Crippen LogP) is 6.48. The van der Waals surface area contributed by atoms with E-state index < -0.39 is 0 Å². The summed E-state index contributed by atoms with van der Waals surface area (Å²) in [6.45, 7) is 1.55. The van der Waals surface area contributed by atoms with Gasteiger partial charge in [0, 0.05) is 27.1 Å². The molecule has 3 heterocycles. The van der Waals surface area contributed by atoms with Crippen LogP contribution in [0.5, 0.6) is 5.75 Å².